The van der Waals surface area contributed by atoms with Crippen LogP contribution in [0.3, 0.4) is 0 Å². The van der Waals surface area contributed by atoms with Gasteiger partial charge in [0.1, 0.15) is 4.90 Å². The van der Waals surface area contributed by atoms with Gasteiger partial charge in [0.2, 0.25) is 0 Å². The lowest BCUT2D eigenvalue weighted by molar-refractivity contribution is 0.0938. The molecule has 20 heavy (non-hydrogen) atoms. The molecule has 1 amide bonds. The lowest BCUT2D eigenvalue weighted by Gasteiger charge is -2.06. The van der Waals surface area contributed by atoms with Gasteiger partial charge >= 0.3 is 0 Å². The first-order valence-corrected chi connectivity index (χ1v) is 8.80. The number of hydrogen-bond donors (Lipinski definition) is 2. The number of aryl methyl sites for hydroxylation is 1. The van der Waals surface area contributed by atoms with Crippen molar-refractivity contribution in [2.24, 2.45) is 5.41 Å². The summed E-state index contributed by atoms with van der Waals surface area (Å²) in [5, 5.41) is 9.22. The zero-order valence-electron chi connectivity index (χ0n) is 11.7. The Morgan fingerprint density at radius 1 is 1.55 bits per heavy atom. The van der Waals surface area contributed by atoms with Crippen molar-refractivity contribution in [2.45, 2.75) is 51.0 Å². The molecule has 1 fully saturated rings. The molecule has 0 aliphatic heterocycles. The molecule has 112 valence electrons. The second-order valence-corrected chi connectivity index (χ2v) is 8.29. The molecule has 1 saturated carbocycles. The van der Waals surface area contributed by atoms with E-state index in [4.69, 9.17) is 10.7 Å². The molecule has 0 aromatic carbocycles. The van der Waals surface area contributed by atoms with E-state index >= 15 is 0 Å². The Labute approximate surface area is 122 Å². The number of aromatic nitrogens is 2. The maximum absolute atomic E-state index is 12.2. The van der Waals surface area contributed by atoms with Crippen LogP contribution >= 0.6 is 10.7 Å². The van der Waals surface area contributed by atoms with Crippen molar-refractivity contribution in [1.82, 2.24) is 15.5 Å². The highest BCUT2D eigenvalue weighted by molar-refractivity contribution is 8.13. The van der Waals surface area contributed by atoms with Crippen molar-refractivity contribution in [3.05, 3.63) is 11.4 Å². The third-order valence-electron chi connectivity index (χ3n) is 3.57. The van der Waals surface area contributed by atoms with Gasteiger partial charge < -0.3 is 5.32 Å². The predicted octanol–water partition coefficient (Wildman–Crippen LogP) is 1.82. The van der Waals surface area contributed by atoms with Gasteiger partial charge in [-0.25, -0.2) is 8.42 Å². The molecule has 2 rings (SSSR count). The van der Waals surface area contributed by atoms with E-state index in [2.05, 4.69) is 15.5 Å². The van der Waals surface area contributed by atoms with Crippen LogP contribution in [0.2, 0.25) is 0 Å². The summed E-state index contributed by atoms with van der Waals surface area (Å²) in [5.74, 6) is -0.501. The zero-order valence-corrected chi connectivity index (χ0v) is 13.2. The number of rotatable bonds is 5. The second-order valence-electron chi connectivity index (χ2n) is 5.79. The van der Waals surface area contributed by atoms with E-state index in [-0.39, 0.29) is 22.0 Å². The Bertz CT molecular complexity index is 636. The van der Waals surface area contributed by atoms with Gasteiger partial charge in [-0.3, -0.25) is 9.89 Å². The molecule has 0 bridgehead atoms. The Hall–Kier alpha value is -1.08. The topological polar surface area (TPSA) is 91.9 Å². The Balaban J connectivity index is 2.30. The number of nitrogens with one attached hydrogen (secondary N) is 2. The SMILES string of the molecule is CCCc1[nH]nc(C(=O)NC2CC2(C)C)c1S(=O)(=O)Cl. The fourth-order valence-electron chi connectivity index (χ4n) is 2.14. The molecule has 1 atom stereocenters. The number of aromatic amines is 1. The van der Waals surface area contributed by atoms with Gasteiger partial charge in [0.25, 0.3) is 15.0 Å². The van der Waals surface area contributed by atoms with E-state index in [9.17, 15) is 13.2 Å². The van der Waals surface area contributed by atoms with Crippen molar-refractivity contribution >= 4 is 25.6 Å². The van der Waals surface area contributed by atoms with Crippen LogP contribution in [0.4, 0.5) is 0 Å². The van der Waals surface area contributed by atoms with Crippen LogP contribution in [0.25, 0.3) is 0 Å². The first-order chi connectivity index (χ1) is 9.16. The summed E-state index contributed by atoms with van der Waals surface area (Å²) in [4.78, 5) is 12.0. The maximum Gasteiger partial charge on any atom is 0.273 e. The van der Waals surface area contributed by atoms with Gasteiger partial charge in [0, 0.05) is 16.7 Å². The molecule has 2 N–H and O–H groups in total. The predicted molar refractivity (Wildman–Crippen MR) is 75.3 cm³/mol. The number of carbonyl (C=O) groups excluding carboxylic acids is 1. The van der Waals surface area contributed by atoms with Gasteiger partial charge in [-0.2, -0.15) is 5.10 Å². The molecule has 1 aliphatic rings. The zero-order chi connectivity index (χ0) is 15.1. The summed E-state index contributed by atoms with van der Waals surface area (Å²) < 4.78 is 23.3. The van der Waals surface area contributed by atoms with Gasteiger partial charge in [0.05, 0.1) is 5.69 Å². The van der Waals surface area contributed by atoms with Gasteiger partial charge in [0.15, 0.2) is 5.69 Å². The molecule has 0 radical (unpaired) electrons. The Morgan fingerprint density at radius 3 is 2.60 bits per heavy atom. The van der Waals surface area contributed by atoms with E-state index in [1.54, 1.807) is 0 Å². The van der Waals surface area contributed by atoms with Gasteiger partial charge in [-0.15, -0.1) is 0 Å². The minimum atomic E-state index is -4.01. The molecule has 1 aromatic heterocycles. The number of carbonyl (C=O) groups is 1. The largest absolute Gasteiger partial charge is 0.347 e. The fraction of sp³-hybridized carbons (Fsp3) is 0.667. The van der Waals surface area contributed by atoms with E-state index < -0.39 is 15.0 Å². The number of nitrogens with zero attached hydrogens (tertiary/aromatic N) is 1. The number of hydrogen-bond acceptors (Lipinski definition) is 4. The summed E-state index contributed by atoms with van der Waals surface area (Å²) >= 11 is 0. The quantitative estimate of drug-likeness (QED) is 0.810. The van der Waals surface area contributed by atoms with E-state index in [0.717, 1.165) is 12.8 Å². The summed E-state index contributed by atoms with van der Waals surface area (Å²) in [6.45, 7) is 5.96. The van der Waals surface area contributed by atoms with Crippen LogP contribution in [0.5, 0.6) is 0 Å². The fourth-order valence-corrected chi connectivity index (χ4v) is 3.45. The highest BCUT2D eigenvalue weighted by atomic mass is 35.7. The highest BCUT2D eigenvalue weighted by Crippen LogP contribution is 2.44. The highest BCUT2D eigenvalue weighted by Gasteiger charge is 2.47. The van der Waals surface area contributed by atoms with E-state index in [1.165, 1.54) is 0 Å². The number of amides is 1. The van der Waals surface area contributed by atoms with Crippen molar-refractivity contribution < 1.29 is 13.2 Å². The van der Waals surface area contributed by atoms with Crippen LogP contribution in [0, 0.1) is 5.41 Å². The first kappa shape index (κ1) is 15.3. The van der Waals surface area contributed by atoms with Gasteiger partial charge in [-0.05, 0) is 18.3 Å². The Kier molecular flexibility index (Phi) is 3.85. The minimum absolute atomic E-state index is 0.0483. The lowest BCUT2D eigenvalue weighted by Crippen LogP contribution is -2.29. The molecular formula is C12H18ClN3O3S. The van der Waals surface area contributed by atoms with Crippen molar-refractivity contribution in [2.75, 3.05) is 0 Å². The molecular weight excluding hydrogens is 302 g/mol. The van der Waals surface area contributed by atoms with E-state index in [0.29, 0.717) is 12.1 Å². The molecule has 8 heteroatoms. The monoisotopic (exact) mass is 319 g/mol. The average Bonchev–Trinajstić information content (AvgIpc) is 2.74. The van der Waals surface area contributed by atoms with Crippen LogP contribution in [-0.2, 0) is 15.5 Å². The summed E-state index contributed by atoms with van der Waals surface area (Å²) in [7, 11) is 1.42. The third kappa shape index (κ3) is 2.98. The number of halogens is 1. The van der Waals surface area contributed by atoms with Crippen molar-refractivity contribution in [3.8, 4) is 0 Å². The van der Waals surface area contributed by atoms with E-state index in [1.807, 2.05) is 20.8 Å². The standard InChI is InChI=1S/C12H18ClN3O3S/c1-4-5-7-10(20(13,18)19)9(16-15-7)11(17)14-8-6-12(8,2)3/h8H,4-6H2,1-3H3,(H,14,17)(H,15,16). The molecule has 1 aromatic rings. The summed E-state index contributed by atoms with van der Waals surface area (Å²) in [6, 6.07) is 0.0483. The molecule has 1 unspecified atom stereocenters. The molecule has 0 saturated heterocycles. The first-order valence-electron chi connectivity index (χ1n) is 6.49. The smallest absolute Gasteiger partial charge is 0.273 e. The van der Waals surface area contributed by atoms with Crippen LogP contribution in [0.15, 0.2) is 4.90 Å². The maximum atomic E-state index is 12.2. The lowest BCUT2D eigenvalue weighted by atomic mass is 10.2. The van der Waals surface area contributed by atoms with Crippen LogP contribution < -0.4 is 5.32 Å². The summed E-state index contributed by atoms with van der Waals surface area (Å²) in [5.41, 5.74) is 0.284. The summed E-state index contributed by atoms with van der Waals surface area (Å²) in [6.07, 6.45) is 2.06. The normalized spacial score (nSPS) is 20.7. The third-order valence-corrected chi connectivity index (χ3v) is 4.96. The van der Waals surface area contributed by atoms with Crippen molar-refractivity contribution in [1.29, 1.82) is 0 Å². The number of H-pyrrole nitrogens is 1. The molecule has 1 aliphatic carbocycles. The minimum Gasteiger partial charge on any atom is -0.347 e. The van der Waals surface area contributed by atoms with Crippen molar-refractivity contribution in [3.63, 3.8) is 0 Å². The molecule has 1 heterocycles. The average molecular weight is 320 g/mol. The second kappa shape index (κ2) is 5.04. The molecule has 0 spiro atoms. The van der Waals surface area contributed by atoms with Crippen LogP contribution in [0.1, 0.15) is 49.8 Å². The molecule has 6 nitrogen and oxygen atoms in total. The van der Waals surface area contributed by atoms with Crippen LogP contribution in [-0.4, -0.2) is 30.6 Å². The van der Waals surface area contributed by atoms with Gasteiger partial charge in [-0.1, -0.05) is 27.2 Å². The Morgan fingerprint density at radius 2 is 2.15 bits per heavy atom.